The van der Waals surface area contributed by atoms with Crippen molar-refractivity contribution in [3.05, 3.63) is 0 Å². The molecule has 0 bridgehead atoms. The molecule has 0 spiro atoms. The number of halogens is 3. The third-order valence-electron chi connectivity index (χ3n) is 3.99. The van der Waals surface area contributed by atoms with E-state index in [1.807, 2.05) is 0 Å². The third-order valence-corrected chi connectivity index (χ3v) is 3.99. The topological polar surface area (TPSA) is 66.8 Å². The number of amides is 1. The zero-order valence-corrected chi connectivity index (χ0v) is 10.8. The number of carboxylic acid groups (broad SMARTS) is 1. The fourth-order valence-corrected chi connectivity index (χ4v) is 2.66. The summed E-state index contributed by atoms with van der Waals surface area (Å²) in [5.41, 5.74) is -2.85. The average molecular weight is 295 g/mol. The van der Waals surface area contributed by atoms with Gasteiger partial charge in [-0.15, -0.1) is 0 Å². The maximum Gasteiger partial charge on any atom is 0.406 e. The lowest BCUT2D eigenvalue weighted by atomic mass is 9.86. The van der Waals surface area contributed by atoms with Crippen molar-refractivity contribution in [1.29, 1.82) is 0 Å². The Morgan fingerprint density at radius 1 is 1.30 bits per heavy atom. The molecule has 2 unspecified atom stereocenters. The first-order valence-corrected chi connectivity index (χ1v) is 6.48. The molecule has 2 fully saturated rings. The predicted octanol–water partition coefficient (Wildman–Crippen LogP) is 1.42. The zero-order valence-electron chi connectivity index (χ0n) is 10.8. The van der Waals surface area contributed by atoms with Crippen LogP contribution >= 0.6 is 0 Å². The molecule has 0 aromatic rings. The lowest BCUT2D eigenvalue weighted by Gasteiger charge is -2.29. The first kappa shape index (κ1) is 15.1. The van der Waals surface area contributed by atoms with Crippen LogP contribution in [-0.4, -0.2) is 53.9 Å². The van der Waals surface area contributed by atoms with Crippen LogP contribution in [0.5, 0.6) is 0 Å². The van der Waals surface area contributed by atoms with Crippen molar-refractivity contribution < 1.29 is 32.6 Å². The molecule has 0 radical (unpaired) electrons. The van der Waals surface area contributed by atoms with Gasteiger partial charge in [-0.05, 0) is 25.7 Å². The van der Waals surface area contributed by atoms with Gasteiger partial charge in [-0.3, -0.25) is 9.59 Å². The summed E-state index contributed by atoms with van der Waals surface area (Å²) in [4.78, 5) is 24.1. The molecule has 5 nitrogen and oxygen atoms in total. The van der Waals surface area contributed by atoms with Gasteiger partial charge in [0, 0.05) is 19.7 Å². The van der Waals surface area contributed by atoms with Crippen molar-refractivity contribution in [1.82, 2.24) is 4.90 Å². The summed E-state index contributed by atoms with van der Waals surface area (Å²) in [7, 11) is 0. The summed E-state index contributed by atoms with van der Waals surface area (Å²) in [6, 6.07) is 0. The smallest absolute Gasteiger partial charge is 0.406 e. The molecule has 2 aliphatic heterocycles. The van der Waals surface area contributed by atoms with E-state index in [0.717, 1.165) is 17.7 Å². The van der Waals surface area contributed by atoms with Crippen LogP contribution in [0.25, 0.3) is 0 Å². The van der Waals surface area contributed by atoms with Gasteiger partial charge in [-0.25, -0.2) is 0 Å². The third kappa shape index (κ3) is 2.48. The fraction of sp³-hybridized carbons (Fsp3) is 0.833. The summed E-state index contributed by atoms with van der Waals surface area (Å²) in [5, 5.41) is 8.92. The van der Waals surface area contributed by atoms with Gasteiger partial charge in [0.1, 0.15) is 6.10 Å². The molecule has 2 atom stereocenters. The number of carbonyl (C=O) groups excluding carboxylic acids is 1. The van der Waals surface area contributed by atoms with E-state index >= 15 is 0 Å². The van der Waals surface area contributed by atoms with Crippen LogP contribution in [0.15, 0.2) is 0 Å². The van der Waals surface area contributed by atoms with Crippen LogP contribution in [-0.2, 0) is 14.3 Å². The maximum absolute atomic E-state index is 13.0. The SMILES string of the molecule is O=C(C1CCCCO1)N1CCC(C(=O)O)(C(F)(F)F)C1. The Bertz CT molecular complexity index is 406. The number of rotatable bonds is 2. The van der Waals surface area contributed by atoms with Crippen molar-refractivity contribution in [3.8, 4) is 0 Å². The average Bonchev–Trinajstić information content (AvgIpc) is 2.85. The van der Waals surface area contributed by atoms with Crippen molar-refractivity contribution in [2.75, 3.05) is 19.7 Å². The first-order chi connectivity index (χ1) is 9.28. The normalized spacial score (nSPS) is 31.4. The van der Waals surface area contributed by atoms with E-state index in [-0.39, 0.29) is 6.54 Å². The lowest BCUT2D eigenvalue weighted by molar-refractivity contribution is -0.227. The second-order valence-electron chi connectivity index (χ2n) is 5.25. The van der Waals surface area contributed by atoms with E-state index in [1.165, 1.54) is 0 Å². The summed E-state index contributed by atoms with van der Waals surface area (Å²) < 4.78 is 44.2. The Balaban J connectivity index is 2.10. The van der Waals surface area contributed by atoms with Crippen LogP contribution < -0.4 is 0 Å². The van der Waals surface area contributed by atoms with Gasteiger partial charge in [0.2, 0.25) is 0 Å². The molecule has 1 N–H and O–H groups in total. The second-order valence-corrected chi connectivity index (χ2v) is 5.25. The van der Waals surface area contributed by atoms with Crippen LogP contribution in [0.4, 0.5) is 13.2 Å². The minimum Gasteiger partial charge on any atom is -0.481 e. The van der Waals surface area contributed by atoms with Gasteiger partial charge in [-0.2, -0.15) is 13.2 Å². The van der Waals surface area contributed by atoms with Crippen LogP contribution in [0.1, 0.15) is 25.7 Å². The Kier molecular flexibility index (Phi) is 3.95. The van der Waals surface area contributed by atoms with Gasteiger partial charge in [-0.1, -0.05) is 0 Å². The molecule has 2 aliphatic rings. The molecule has 2 saturated heterocycles. The van der Waals surface area contributed by atoms with Crippen molar-refractivity contribution in [2.45, 2.75) is 38.0 Å². The van der Waals surface area contributed by atoms with Crippen LogP contribution in [0.3, 0.4) is 0 Å². The number of ether oxygens (including phenoxy) is 1. The first-order valence-electron chi connectivity index (χ1n) is 6.48. The second kappa shape index (κ2) is 5.23. The molecule has 114 valence electrons. The quantitative estimate of drug-likeness (QED) is 0.836. The summed E-state index contributed by atoms with van der Waals surface area (Å²) in [6.07, 6.45) is -4.13. The summed E-state index contributed by atoms with van der Waals surface area (Å²) in [6.45, 7) is -0.622. The highest BCUT2D eigenvalue weighted by Crippen LogP contribution is 2.46. The number of aliphatic carboxylic acids is 1. The lowest BCUT2D eigenvalue weighted by Crippen LogP contribution is -2.49. The minimum absolute atomic E-state index is 0.204. The van der Waals surface area contributed by atoms with E-state index < -0.39 is 42.5 Å². The zero-order chi connectivity index (χ0) is 15.0. The van der Waals surface area contributed by atoms with E-state index in [0.29, 0.717) is 13.0 Å². The highest BCUT2D eigenvalue weighted by atomic mass is 19.4. The molecule has 20 heavy (non-hydrogen) atoms. The number of hydrogen-bond acceptors (Lipinski definition) is 3. The number of alkyl halides is 3. The predicted molar refractivity (Wildman–Crippen MR) is 60.9 cm³/mol. The molecule has 8 heteroatoms. The fourth-order valence-electron chi connectivity index (χ4n) is 2.66. The standard InChI is InChI=1S/C12H16F3NO4/c13-12(14,15)11(10(18)19)4-5-16(7-11)9(17)8-3-1-2-6-20-8/h8H,1-7H2,(H,18,19). The Hall–Kier alpha value is -1.31. The Morgan fingerprint density at radius 2 is 2.00 bits per heavy atom. The van der Waals surface area contributed by atoms with Crippen LogP contribution in [0, 0.1) is 5.41 Å². The van der Waals surface area contributed by atoms with Crippen molar-refractivity contribution >= 4 is 11.9 Å². The van der Waals surface area contributed by atoms with Crippen molar-refractivity contribution in [2.24, 2.45) is 5.41 Å². The summed E-state index contributed by atoms with van der Waals surface area (Å²) >= 11 is 0. The Labute approximate surface area is 113 Å². The minimum atomic E-state index is -4.87. The molecule has 1 amide bonds. The molecule has 0 aliphatic carbocycles. The molecular formula is C12H16F3NO4. The molecule has 0 aromatic heterocycles. The molecule has 2 heterocycles. The monoisotopic (exact) mass is 295 g/mol. The number of likely N-dealkylation sites (tertiary alicyclic amines) is 1. The number of nitrogens with zero attached hydrogens (tertiary/aromatic N) is 1. The van der Waals surface area contributed by atoms with Gasteiger partial charge >= 0.3 is 12.1 Å². The van der Waals surface area contributed by atoms with E-state index in [4.69, 9.17) is 9.84 Å². The molecule has 2 rings (SSSR count). The Morgan fingerprint density at radius 3 is 2.45 bits per heavy atom. The largest absolute Gasteiger partial charge is 0.481 e. The molecule has 0 saturated carbocycles. The van der Waals surface area contributed by atoms with Crippen LogP contribution in [0.2, 0.25) is 0 Å². The maximum atomic E-state index is 13.0. The molecular weight excluding hydrogens is 279 g/mol. The number of carboxylic acids is 1. The van der Waals surface area contributed by atoms with Gasteiger partial charge in [0.15, 0.2) is 5.41 Å². The molecule has 0 aromatic carbocycles. The van der Waals surface area contributed by atoms with E-state index in [9.17, 15) is 22.8 Å². The number of hydrogen-bond donors (Lipinski definition) is 1. The van der Waals surface area contributed by atoms with Gasteiger partial charge < -0.3 is 14.7 Å². The summed E-state index contributed by atoms with van der Waals surface area (Å²) in [5.74, 6) is -2.46. The number of carbonyl (C=O) groups is 2. The highest BCUT2D eigenvalue weighted by molar-refractivity contribution is 5.84. The van der Waals surface area contributed by atoms with Crippen molar-refractivity contribution in [3.63, 3.8) is 0 Å². The van der Waals surface area contributed by atoms with E-state index in [1.54, 1.807) is 0 Å². The van der Waals surface area contributed by atoms with E-state index in [2.05, 4.69) is 0 Å². The van der Waals surface area contributed by atoms with Gasteiger partial charge in [0.25, 0.3) is 5.91 Å². The highest BCUT2D eigenvalue weighted by Gasteiger charge is 2.64. The van der Waals surface area contributed by atoms with Gasteiger partial charge in [0.05, 0.1) is 0 Å².